The van der Waals surface area contributed by atoms with Gasteiger partial charge in [0.05, 0.1) is 0 Å². The third-order valence-electron chi connectivity index (χ3n) is 5.48. The molecule has 2 aliphatic rings. The summed E-state index contributed by atoms with van der Waals surface area (Å²) in [6.45, 7) is 9.37. The average Bonchev–Trinajstić information content (AvgIpc) is 2.45. The Labute approximate surface area is 110 Å². The normalized spacial score (nSPS) is 23.7. The fourth-order valence-electron chi connectivity index (χ4n) is 3.52. The minimum absolute atomic E-state index is 0.206. The maximum absolute atomic E-state index is 12.0. The van der Waals surface area contributed by atoms with E-state index in [0.29, 0.717) is 5.78 Å². The van der Waals surface area contributed by atoms with Crippen molar-refractivity contribution in [2.75, 3.05) is 0 Å². The topological polar surface area (TPSA) is 17.1 Å². The van der Waals surface area contributed by atoms with E-state index in [1.54, 1.807) is 0 Å². The van der Waals surface area contributed by atoms with Gasteiger partial charge in [0.1, 0.15) is 0 Å². The van der Waals surface area contributed by atoms with Gasteiger partial charge >= 0.3 is 0 Å². The fraction of sp³-hybridized carbons (Fsp3) is 0.588. The highest BCUT2D eigenvalue weighted by atomic mass is 16.1. The zero-order valence-electron chi connectivity index (χ0n) is 11.9. The lowest BCUT2D eigenvalue weighted by Crippen LogP contribution is -2.32. The molecule has 0 N–H and O–H groups in total. The molecule has 1 nitrogen and oxygen atoms in total. The summed E-state index contributed by atoms with van der Waals surface area (Å²) in [5, 5.41) is 0. The van der Waals surface area contributed by atoms with Crippen molar-refractivity contribution in [1.29, 1.82) is 0 Å². The molecule has 0 saturated carbocycles. The molecule has 1 heteroatoms. The third kappa shape index (κ3) is 1.43. The molecule has 0 radical (unpaired) electrons. The molecule has 0 fully saturated rings. The van der Waals surface area contributed by atoms with Crippen molar-refractivity contribution in [2.24, 2.45) is 5.41 Å². The molecule has 0 heterocycles. The van der Waals surface area contributed by atoms with Crippen molar-refractivity contribution in [3.63, 3.8) is 0 Å². The van der Waals surface area contributed by atoms with E-state index in [2.05, 4.69) is 39.8 Å². The molecule has 96 valence electrons. The van der Waals surface area contributed by atoms with Gasteiger partial charge < -0.3 is 0 Å². The Hall–Kier alpha value is -1.11. The number of fused-ring (bicyclic) bond motifs is 2. The molecule has 2 aliphatic carbocycles. The van der Waals surface area contributed by atoms with Gasteiger partial charge in [-0.05, 0) is 52.8 Å². The van der Waals surface area contributed by atoms with E-state index in [4.69, 9.17) is 0 Å². The van der Waals surface area contributed by atoms with Gasteiger partial charge in [-0.25, -0.2) is 0 Å². The SMILES string of the molecule is CC1(C)Cc2cc3c(cc2C1(C)C)CCCC3=O. The molecule has 0 bridgehead atoms. The smallest absolute Gasteiger partial charge is 0.163 e. The number of carbonyl (C=O) groups excluding carboxylic acids is 1. The Morgan fingerprint density at radius 1 is 1.00 bits per heavy atom. The van der Waals surface area contributed by atoms with Crippen molar-refractivity contribution < 1.29 is 4.79 Å². The second-order valence-electron chi connectivity index (χ2n) is 7.13. The monoisotopic (exact) mass is 242 g/mol. The van der Waals surface area contributed by atoms with Crippen LogP contribution in [0.3, 0.4) is 0 Å². The Balaban J connectivity index is 2.20. The summed E-state index contributed by atoms with van der Waals surface area (Å²) in [6.07, 6.45) is 3.92. The van der Waals surface area contributed by atoms with Gasteiger partial charge in [0.2, 0.25) is 0 Å². The van der Waals surface area contributed by atoms with Crippen LogP contribution in [0.5, 0.6) is 0 Å². The van der Waals surface area contributed by atoms with Crippen LogP contribution in [-0.2, 0) is 18.3 Å². The molecule has 1 aromatic rings. The molecule has 3 rings (SSSR count). The van der Waals surface area contributed by atoms with Gasteiger partial charge in [-0.2, -0.15) is 0 Å². The van der Waals surface area contributed by atoms with Crippen molar-refractivity contribution >= 4 is 5.78 Å². The summed E-state index contributed by atoms with van der Waals surface area (Å²) < 4.78 is 0. The van der Waals surface area contributed by atoms with Crippen LogP contribution in [0.1, 0.15) is 67.6 Å². The van der Waals surface area contributed by atoms with E-state index in [0.717, 1.165) is 31.2 Å². The van der Waals surface area contributed by atoms with Crippen LogP contribution in [0.15, 0.2) is 12.1 Å². The van der Waals surface area contributed by atoms with E-state index in [-0.39, 0.29) is 10.8 Å². The average molecular weight is 242 g/mol. The second kappa shape index (κ2) is 3.46. The Kier molecular flexibility index (Phi) is 2.30. The predicted octanol–water partition coefficient (Wildman–Crippen LogP) is 4.07. The van der Waals surface area contributed by atoms with Gasteiger partial charge in [0.25, 0.3) is 0 Å². The molecule has 0 unspecified atom stereocenters. The highest BCUT2D eigenvalue weighted by molar-refractivity contribution is 5.98. The van der Waals surface area contributed by atoms with Gasteiger partial charge in [-0.1, -0.05) is 33.8 Å². The molecule has 0 saturated heterocycles. The maximum atomic E-state index is 12.0. The highest BCUT2D eigenvalue weighted by Gasteiger charge is 2.45. The number of hydrogen-bond acceptors (Lipinski definition) is 1. The molecule has 0 spiro atoms. The summed E-state index contributed by atoms with van der Waals surface area (Å²) in [7, 11) is 0. The Morgan fingerprint density at radius 3 is 2.44 bits per heavy atom. The number of carbonyl (C=O) groups is 1. The zero-order valence-corrected chi connectivity index (χ0v) is 11.9. The largest absolute Gasteiger partial charge is 0.294 e. The first kappa shape index (κ1) is 12.0. The molecule has 0 aliphatic heterocycles. The van der Waals surface area contributed by atoms with Crippen molar-refractivity contribution in [2.45, 2.75) is 58.8 Å². The Bertz CT molecular complexity index is 535. The van der Waals surface area contributed by atoms with E-state index < -0.39 is 0 Å². The molecular weight excluding hydrogens is 220 g/mol. The molecule has 1 aromatic carbocycles. The lowest BCUT2D eigenvalue weighted by molar-refractivity contribution is 0.0972. The number of hydrogen-bond donors (Lipinski definition) is 0. The van der Waals surface area contributed by atoms with Gasteiger partial charge in [0, 0.05) is 12.0 Å². The van der Waals surface area contributed by atoms with Crippen LogP contribution < -0.4 is 0 Å². The minimum Gasteiger partial charge on any atom is -0.294 e. The van der Waals surface area contributed by atoms with Crippen LogP contribution in [0.25, 0.3) is 0 Å². The van der Waals surface area contributed by atoms with E-state index >= 15 is 0 Å². The summed E-state index contributed by atoms with van der Waals surface area (Å²) in [5.74, 6) is 0.349. The number of ketones is 1. The lowest BCUT2D eigenvalue weighted by Gasteiger charge is -2.36. The second-order valence-corrected chi connectivity index (χ2v) is 7.13. The standard InChI is InChI=1S/C17H22O/c1-16(2)10-12-8-13-11(6-5-7-15(13)18)9-14(12)17(16,3)4/h8-9H,5-7,10H2,1-4H3. The molecular formula is C17H22O. The molecule has 18 heavy (non-hydrogen) atoms. The van der Waals surface area contributed by atoms with Gasteiger partial charge in [-0.3, -0.25) is 4.79 Å². The fourth-order valence-corrected chi connectivity index (χ4v) is 3.52. The van der Waals surface area contributed by atoms with Gasteiger partial charge in [0.15, 0.2) is 5.78 Å². The molecule has 0 amide bonds. The third-order valence-corrected chi connectivity index (χ3v) is 5.48. The maximum Gasteiger partial charge on any atom is 0.163 e. The van der Waals surface area contributed by atoms with E-state index in [1.165, 1.54) is 16.7 Å². The van der Waals surface area contributed by atoms with Crippen LogP contribution in [0.4, 0.5) is 0 Å². The van der Waals surface area contributed by atoms with E-state index in [9.17, 15) is 4.79 Å². The summed E-state index contributed by atoms with van der Waals surface area (Å²) in [6, 6.07) is 4.53. The van der Waals surface area contributed by atoms with Crippen LogP contribution in [0, 0.1) is 5.41 Å². The van der Waals surface area contributed by atoms with Crippen molar-refractivity contribution in [1.82, 2.24) is 0 Å². The predicted molar refractivity (Wildman–Crippen MR) is 74.2 cm³/mol. The van der Waals surface area contributed by atoms with E-state index in [1.807, 2.05) is 0 Å². The van der Waals surface area contributed by atoms with Gasteiger partial charge in [-0.15, -0.1) is 0 Å². The van der Waals surface area contributed by atoms with Crippen LogP contribution in [-0.4, -0.2) is 5.78 Å². The summed E-state index contributed by atoms with van der Waals surface area (Å²) >= 11 is 0. The molecule has 0 aromatic heterocycles. The lowest BCUT2D eigenvalue weighted by atomic mass is 9.68. The zero-order chi connectivity index (χ0) is 13.1. The first-order valence-corrected chi connectivity index (χ1v) is 7.02. The van der Waals surface area contributed by atoms with Crippen molar-refractivity contribution in [3.05, 3.63) is 34.4 Å². The highest BCUT2D eigenvalue weighted by Crippen LogP contribution is 2.52. The molecule has 0 atom stereocenters. The number of Topliss-reactive ketones (excluding diaryl/α,β-unsaturated/α-hetero) is 1. The number of rotatable bonds is 0. The summed E-state index contributed by atoms with van der Waals surface area (Å²) in [5.41, 5.74) is 5.66. The number of benzene rings is 1. The van der Waals surface area contributed by atoms with Crippen LogP contribution in [0.2, 0.25) is 0 Å². The van der Waals surface area contributed by atoms with Crippen LogP contribution >= 0.6 is 0 Å². The first-order chi connectivity index (χ1) is 8.33. The minimum atomic E-state index is 0.206. The quantitative estimate of drug-likeness (QED) is 0.670. The number of aryl methyl sites for hydroxylation is 1. The Morgan fingerprint density at radius 2 is 1.72 bits per heavy atom. The van der Waals surface area contributed by atoms with Crippen molar-refractivity contribution in [3.8, 4) is 0 Å². The first-order valence-electron chi connectivity index (χ1n) is 7.02. The summed E-state index contributed by atoms with van der Waals surface area (Å²) in [4.78, 5) is 12.0.